The monoisotopic (exact) mass is 349 g/mol. The van der Waals surface area contributed by atoms with Crippen molar-refractivity contribution >= 4 is 23.6 Å². The number of halogens is 1. The van der Waals surface area contributed by atoms with Crippen LogP contribution in [0, 0.1) is 21.8 Å². The van der Waals surface area contributed by atoms with Gasteiger partial charge in [0.05, 0.1) is 16.6 Å². The van der Waals surface area contributed by atoms with Crippen molar-refractivity contribution in [2.45, 2.75) is 12.8 Å². The number of nitro groups is 1. The standard InChI is InChI=1S/C17H20FN3O4/c1-19(2)17(23)13-7-9-20(10-8-13)16(22)6-4-12-3-5-14(18)11-15(12)21(24)25/h3-6,11,13H,7-10H2,1-2H3. The van der Waals surface area contributed by atoms with Crippen molar-refractivity contribution in [3.05, 3.63) is 45.8 Å². The molecule has 0 unspecified atom stereocenters. The zero-order valence-electron chi connectivity index (χ0n) is 14.1. The van der Waals surface area contributed by atoms with Crippen LogP contribution in [0.2, 0.25) is 0 Å². The van der Waals surface area contributed by atoms with Gasteiger partial charge >= 0.3 is 0 Å². The molecule has 7 nitrogen and oxygen atoms in total. The molecule has 0 aromatic heterocycles. The minimum atomic E-state index is -0.706. The molecule has 0 atom stereocenters. The molecule has 8 heteroatoms. The van der Waals surface area contributed by atoms with Crippen molar-refractivity contribution in [3.8, 4) is 0 Å². The molecule has 1 aromatic carbocycles. The van der Waals surface area contributed by atoms with E-state index in [0.29, 0.717) is 25.9 Å². The van der Waals surface area contributed by atoms with Crippen molar-refractivity contribution in [2.24, 2.45) is 5.92 Å². The Hall–Kier alpha value is -2.77. The second kappa shape index (κ2) is 7.87. The summed E-state index contributed by atoms with van der Waals surface area (Å²) in [4.78, 5) is 37.6. The highest BCUT2D eigenvalue weighted by molar-refractivity contribution is 5.92. The van der Waals surface area contributed by atoms with Crippen LogP contribution in [0.1, 0.15) is 18.4 Å². The normalized spacial score (nSPS) is 15.4. The van der Waals surface area contributed by atoms with Crippen molar-refractivity contribution in [3.63, 3.8) is 0 Å². The van der Waals surface area contributed by atoms with Gasteiger partial charge in [-0.2, -0.15) is 0 Å². The van der Waals surface area contributed by atoms with Crippen LogP contribution in [-0.2, 0) is 9.59 Å². The van der Waals surface area contributed by atoms with E-state index in [1.54, 1.807) is 23.9 Å². The Bertz CT molecular complexity index is 710. The number of hydrogen-bond acceptors (Lipinski definition) is 4. The molecular formula is C17H20FN3O4. The second-order valence-electron chi connectivity index (χ2n) is 6.13. The average Bonchev–Trinajstić information content (AvgIpc) is 2.59. The summed E-state index contributed by atoms with van der Waals surface area (Å²) in [6.07, 6.45) is 3.74. The van der Waals surface area contributed by atoms with E-state index in [2.05, 4.69) is 0 Å². The molecule has 0 saturated carbocycles. The molecule has 1 aliphatic rings. The van der Waals surface area contributed by atoms with Crippen molar-refractivity contribution in [1.82, 2.24) is 9.80 Å². The lowest BCUT2D eigenvalue weighted by molar-refractivity contribution is -0.385. The minimum absolute atomic E-state index is 0.0598. The van der Waals surface area contributed by atoms with Gasteiger partial charge in [0, 0.05) is 39.2 Å². The van der Waals surface area contributed by atoms with E-state index in [-0.39, 0.29) is 29.0 Å². The third-order valence-electron chi connectivity index (χ3n) is 4.19. The van der Waals surface area contributed by atoms with Gasteiger partial charge in [-0.15, -0.1) is 0 Å². The number of nitro benzene ring substituents is 1. The highest BCUT2D eigenvalue weighted by Crippen LogP contribution is 2.22. The maximum absolute atomic E-state index is 13.1. The maximum Gasteiger partial charge on any atom is 0.279 e. The van der Waals surface area contributed by atoms with Gasteiger partial charge in [-0.25, -0.2) is 4.39 Å². The maximum atomic E-state index is 13.1. The highest BCUT2D eigenvalue weighted by Gasteiger charge is 2.27. The van der Waals surface area contributed by atoms with Crippen LogP contribution in [0.5, 0.6) is 0 Å². The van der Waals surface area contributed by atoms with Gasteiger partial charge in [-0.3, -0.25) is 19.7 Å². The fraction of sp³-hybridized carbons (Fsp3) is 0.412. The molecule has 0 bridgehead atoms. The van der Waals surface area contributed by atoms with E-state index >= 15 is 0 Å². The molecular weight excluding hydrogens is 329 g/mol. The van der Waals surface area contributed by atoms with Gasteiger partial charge < -0.3 is 9.80 Å². The number of nitrogens with zero attached hydrogens (tertiary/aromatic N) is 3. The summed E-state index contributed by atoms with van der Waals surface area (Å²) in [6, 6.07) is 3.19. The van der Waals surface area contributed by atoms with Gasteiger partial charge in [-0.1, -0.05) is 0 Å². The average molecular weight is 349 g/mol. The van der Waals surface area contributed by atoms with Gasteiger partial charge in [0.2, 0.25) is 11.8 Å². The van der Waals surface area contributed by atoms with Crippen LogP contribution >= 0.6 is 0 Å². The number of rotatable bonds is 4. The molecule has 1 fully saturated rings. The van der Waals surface area contributed by atoms with Crippen LogP contribution in [0.25, 0.3) is 6.08 Å². The van der Waals surface area contributed by atoms with Crippen LogP contribution in [0.4, 0.5) is 10.1 Å². The number of carbonyl (C=O) groups is 2. The topological polar surface area (TPSA) is 83.8 Å². The van der Waals surface area contributed by atoms with E-state index in [1.807, 2.05) is 0 Å². The van der Waals surface area contributed by atoms with E-state index in [0.717, 1.165) is 12.1 Å². The van der Waals surface area contributed by atoms with Gasteiger partial charge in [0.1, 0.15) is 5.82 Å². The molecule has 134 valence electrons. The van der Waals surface area contributed by atoms with Crippen LogP contribution < -0.4 is 0 Å². The van der Waals surface area contributed by atoms with Gasteiger partial charge in [0.15, 0.2) is 0 Å². The summed E-state index contributed by atoms with van der Waals surface area (Å²) in [7, 11) is 3.41. The molecule has 1 aromatic rings. The predicted octanol–water partition coefficient (Wildman–Crippen LogP) is 2.07. The number of likely N-dealkylation sites (tertiary alicyclic amines) is 1. The Morgan fingerprint density at radius 3 is 2.52 bits per heavy atom. The Morgan fingerprint density at radius 2 is 1.96 bits per heavy atom. The first-order chi connectivity index (χ1) is 11.8. The quantitative estimate of drug-likeness (QED) is 0.473. The SMILES string of the molecule is CN(C)C(=O)C1CCN(C(=O)C=Cc2ccc(F)cc2[N+](=O)[O-])CC1. The molecule has 2 amide bonds. The van der Waals surface area contributed by atoms with Crippen LogP contribution in [0.3, 0.4) is 0 Å². The molecule has 1 saturated heterocycles. The summed E-state index contributed by atoms with van der Waals surface area (Å²) < 4.78 is 13.1. The van der Waals surface area contributed by atoms with E-state index in [4.69, 9.17) is 0 Å². The highest BCUT2D eigenvalue weighted by atomic mass is 19.1. The minimum Gasteiger partial charge on any atom is -0.349 e. The summed E-state index contributed by atoms with van der Waals surface area (Å²) in [6.45, 7) is 0.915. The van der Waals surface area contributed by atoms with Crippen LogP contribution in [0.15, 0.2) is 24.3 Å². The first-order valence-electron chi connectivity index (χ1n) is 7.91. The lowest BCUT2D eigenvalue weighted by Gasteiger charge is -2.31. The smallest absolute Gasteiger partial charge is 0.279 e. The van der Waals surface area contributed by atoms with Crippen LogP contribution in [-0.4, -0.2) is 53.7 Å². The third-order valence-corrected chi connectivity index (χ3v) is 4.19. The fourth-order valence-electron chi connectivity index (χ4n) is 2.79. The lowest BCUT2D eigenvalue weighted by atomic mass is 9.95. The second-order valence-corrected chi connectivity index (χ2v) is 6.13. The van der Waals surface area contributed by atoms with E-state index < -0.39 is 10.7 Å². The first-order valence-corrected chi connectivity index (χ1v) is 7.91. The van der Waals surface area contributed by atoms with E-state index in [1.165, 1.54) is 18.2 Å². The Morgan fingerprint density at radius 1 is 1.32 bits per heavy atom. The first kappa shape index (κ1) is 18.6. The number of amides is 2. The molecule has 1 heterocycles. The van der Waals surface area contributed by atoms with Gasteiger partial charge in [-0.05, 0) is 31.1 Å². The molecule has 0 aliphatic carbocycles. The molecule has 2 rings (SSSR count). The Balaban J connectivity index is 2.01. The Kier molecular flexibility index (Phi) is 5.84. The van der Waals surface area contributed by atoms with E-state index in [9.17, 15) is 24.1 Å². The lowest BCUT2D eigenvalue weighted by Crippen LogP contribution is -2.42. The number of piperidine rings is 1. The van der Waals surface area contributed by atoms with Crippen molar-refractivity contribution < 1.29 is 18.9 Å². The number of carbonyl (C=O) groups excluding carboxylic acids is 2. The summed E-state index contributed by atoms with van der Waals surface area (Å²) in [5, 5.41) is 10.9. The molecule has 0 radical (unpaired) electrons. The van der Waals surface area contributed by atoms with Gasteiger partial charge in [0.25, 0.3) is 5.69 Å². The summed E-state index contributed by atoms with van der Waals surface area (Å²) in [5.41, 5.74) is -0.225. The summed E-state index contributed by atoms with van der Waals surface area (Å²) >= 11 is 0. The fourth-order valence-corrected chi connectivity index (χ4v) is 2.79. The van der Waals surface area contributed by atoms with Crippen molar-refractivity contribution in [1.29, 1.82) is 0 Å². The number of benzene rings is 1. The zero-order chi connectivity index (χ0) is 18.6. The number of hydrogen-bond donors (Lipinski definition) is 0. The molecule has 1 aliphatic heterocycles. The Labute approximate surface area is 144 Å². The predicted molar refractivity (Wildman–Crippen MR) is 90.1 cm³/mol. The molecule has 25 heavy (non-hydrogen) atoms. The van der Waals surface area contributed by atoms with Crippen molar-refractivity contribution in [2.75, 3.05) is 27.2 Å². The summed E-state index contributed by atoms with van der Waals surface area (Å²) in [5.74, 6) is -1.01. The largest absolute Gasteiger partial charge is 0.349 e. The molecule has 0 spiro atoms. The zero-order valence-corrected chi connectivity index (χ0v) is 14.1. The third kappa shape index (κ3) is 4.62. The molecule has 0 N–H and O–H groups in total.